The predicted molar refractivity (Wildman–Crippen MR) is 201 cm³/mol. The first-order chi connectivity index (χ1) is 25.6. The fraction of sp³-hybridized carbons (Fsp3) is 0.447. The second kappa shape index (κ2) is 15.9. The van der Waals surface area contributed by atoms with Crippen LogP contribution in [0.2, 0.25) is 18.6 Å². The Hall–Kier alpha value is -3.58. The zero-order valence-electron chi connectivity index (χ0n) is 30.0. The van der Waals surface area contributed by atoms with Crippen molar-refractivity contribution in [3.8, 4) is 0 Å². The van der Waals surface area contributed by atoms with Gasteiger partial charge in [0, 0.05) is 40.3 Å². The molecule has 2 saturated heterocycles. The zero-order chi connectivity index (χ0) is 39.1. The Kier molecular flexibility index (Phi) is 11.8. The molecule has 0 unspecified atom stereocenters. The Labute approximate surface area is 321 Å². The van der Waals surface area contributed by atoms with Gasteiger partial charge >= 0.3 is 0 Å². The number of halogens is 2. The number of benzene rings is 3. The van der Waals surface area contributed by atoms with Gasteiger partial charge in [0.15, 0.2) is 18.0 Å². The average molecular weight is 831 g/mol. The van der Waals surface area contributed by atoms with E-state index >= 15 is 4.11 Å². The first-order valence-corrected chi connectivity index (χ1v) is 21.5. The summed E-state index contributed by atoms with van der Waals surface area (Å²) in [5, 5.41) is 52.4. The highest BCUT2D eigenvalue weighted by Crippen LogP contribution is 2.60. The summed E-state index contributed by atoms with van der Waals surface area (Å²) in [6.45, 7) is 5.00. The van der Waals surface area contributed by atoms with E-state index in [0.717, 1.165) is 5.56 Å². The minimum absolute atomic E-state index is 0.0211. The van der Waals surface area contributed by atoms with Crippen molar-refractivity contribution in [3.05, 3.63) is 94.0 Å². The van der Waals surface area contributed by atoms with Crippen LogP contribution in [0.4, 0.5) is 15.5 Å². The number of anilines is 2. The lowest BCUT2D eigenvalue weighted by atomic mass is 9.82. The number of nitrogens with zero attached hydrogens (tertiary/aromatic N) is 2. The molecule has 1 spiro atoms. The van der Waals surface area contributed by atoms with Crippen LogP contribution in [0.1, 0.15) is 30.0 Å². The predicted octanol–water partition coefficient (Wildman–Crippen LogP) is 2.92. The van der Waals surface area contributed by atoms with Crippen molar-refractivity contribution < 1.29 is 53.5 Å². The third-order valence-electron chi connectivity index (χ3n) is 10.6. The quantitative estimate of drug-likeness (QED) is 0.124. The van der Waals surface area contributed by atoms with Crippen LogP contribution >= 0.6 is 15.9 Å². The fourth-order valence-corrected chi connectivity index (χ4v) is 11.0. The fourth-order valence-electron chi connectivity index (χ4n) is 8.12. The van der Waals surface area contributed by atoms with Crippen molar-refractivity contribution >= 4 is 53.4 Å². The molecule has 0 bridgehead atoms. The number of rotatable bonds is 11. The Morgan fingerprint density at radius 3 is 2.37 bits per heavy atom. The molecule has 3 aromatic rings. The SMILES string of the molecule is C[C@H]1[C@H]([Si](C)(C)F)[C@@H](CC(=O)N(CCO)Cc2ccccc2)O[C@]12C(=O)N(Cc1cccc(NC(=O)[C@H]3O[C@@H](O)[C@H](O)[C@@H](O)[C@@H]3O)c1)c1ccc(Br)cc12. The molecule has 13 nitrogen and oxygen atoms in total. The number of aliphatic hydroxyl groups excluding tert-OH is 5. The first-order valence-electron chi connectivity index (χ1n) is 17.8. The number of hydrogen-bond acceptors (Lipinski definition) is 10. The first kappa shape index (κ1) is 40.1. The van der Waals surface area contributed by atoms with Gasteiger partial charge in [-0.1, -0.05) is 65.3 Å². The lowest BCUT2D eigenvalue weighted by molar-refractivity contribution is -0.274. The molecule has 0 radical (unpaired) electrons. The summed E-state index contributed by atoms with van der Waals surface area (Å²) in [4.78, 5) is 44.8. The molecule has 0 saturated carbocycles. The van der Waals surface area contributed by atoms with Gasteiger partial charge in [-0.05, 0) is 54.6 Å². The highest BCUT2D eigenvalue weighted by molar-refractivity contribution is 9.10. The summed E-state index contributed by atoms with van der Waals surface area (Å²) in [5.41, 5.74) is 0.448. The maximum Gasteiger partial charge on any atom is 0.264 e. The third-order valence-corrected chi connectivity index (χ3v) is 13.6. The van der Waals surface area contributed by atoms with Crippen molar-refractivity contribution in [2.45, 2.75) is 87.5 Å². The number of fused-ring (bicyclic) bond motifs is 2. The average Bonchev–Trinajstić information content (AvgIpc) is 3.54. The highest BCUT2D eigenvalue weighted by Gasteiger charge is 2.67. The van der Waals surface area contributed by atoms with Gasteiger partial charge in [-0.15, -0.1) is 0 Å². The monoisotopic (exact) mass is 829 g/mol. The summed E-state index contributed by atoms with van der Waals surface area (Å²) in [6.07, 6.45) is -10.1. The summed E-state index contributed by atoms with van der Waals surface area (Å²) >= 11 is 3.53. The number of hydrogen-bond donors (Lipinski definition) is 6. The molecule has 3 aliphatic rings. The Morgan fingerprint density at radius 2 is 1.69 bits per heavy atom. The smallest absolute Gasteiger partial charge is 0.264 e. The van der Waals surface area contributed by atoms with E-state index in [2.05, 4.69) is 21.2 Å². The summed E-state index contributed by atoms with van der Waals surface area (Å²) < 4.78 is 28.9. The van der Waals surface area contributed by atoms with Gasteiger partial charge in [0.2, 0.25) is 14.3 Å². The largest absolute Gasteiger partial charge is 0.395 e. The molecule has 6 rings (SSSR count). The van der Waals surface area contributed by atoms with E-state index in [1.54, 1.807) is 67.4 Å². The maximum absolute atomic E-state index is 16.4. The van der Waals surface area contributed by atoms with Crippen LogP contribution in [0.15, 0.2) is 77.3 Å². The molecule has 6 N–H and O–H groups in total. The summed E-state index contributed by atoms with van der Waals surface area (Å²) in [7, 11) is -3.59. The van der Waals surface area contributed by atoms with E-state index in [4.69, 9.17) is 9.47 Å². The molecule has 3 heterocycles. The van der Waals surface area contributed by atoms with Gasteiger partial charge in [-0.25, -0.2) is 0 Å². The number of carbonyl (C=O) groups excluding carboxylic acids is 3. The standard InChI is InChI=1S/C38H45BrFN3O10Si/c1-21-34(54(2,3)40)28(18-29(45)42(14-15-44)19-22-8-5-4-6-9-22)53-38(21)26-17-24(39)12-13-27(26)43(37(38)51)20-23-10-7-11-25(16-23)41-35(49)33-31(47)30(46)32(48)36(50)52-33/h4-13,16-17,21,28,30-34,36,44,46-48,50H,14-15,18-20H2,1-3H3,(H,41,49)/t21-,28+,30-,31-,32+,33-,34-,36+,38+/m0/s1. The Morgan fingerprint density at radius 1 is 0.981 bits per heavy atom. The Bertz CT molecular complexity index is 1870. The number of aliphatic hydroxyl groups is 5. The number of nitrogens with one attached hydrogen (secondary N) is 1. The van der Waals surface area contributed by atoms with Crippen LogP contribution in [-0.4, -0.2) is 107 Å². The van der Waals surface area contributed by atoms with Crippen LogP contribution in [-0.2, 0) is 42.5 Å². The third kappa shape index (κ3) is 7.63. The minimum Gasteiger partial charge on any atom is -0.395 e. The molecule has 9 atom stereocenters. The van der Waals surface area contributed by atoms with Gasteiger partial charge in [0.1, 0.15) is 18.3 Å². The van der Waals surface area contributed by atoms with Crippen molar-refractivity contribution in [3.63, 3.8) is 0 Å². The molecule has 3 aliphatic heterocycles. The normalized spacial score (nSPS) is 29.4. The van der Waals surface area contributed by atoms with Crippen molar-refractivity contribution in [1.82, 2.24) is 4.90 Å². The van der Waals surface area contributed by atoms with E-state index in [-0.39, 0.29) is 44.3 Å². The second-order valence-electron chi connectivity index (χ2n) is 14.7. The van der Waals surface area contributed by atoms with Crippen molar-refractivity contribution in [2.75, 3.05) is 23.4 Å². The van der Waals surface area contributed by atoms with Gasteiger partial charge in [-0.3, -0.25) is 14.4 Å². The lowest BCUT2D eigenvalue weighted by Crippen LogP contribution is -2.60. The molecule has 54 heavy (non-hydrogen) atoms. The molecule has 2 fully saturated rings. The van der Waals surface area contributed by atoms with Crippen molar-refractivity contribution in [1.29, 1.82) is 0 Å². The molecule has 16 heteroatoms. The number of carbonyl (C=O) groups is 3. The van der Waals surface area contributed by atoms with Crippen molar-refractivity contribution in [2.24, 2.45) is 5.92 Å². The van der Waals surface area contributed by atoms with Gasteiger partial charge in [0.25, 0.3) is 11.8 Å². The maximum atomic E-state index is 16.4. The van der Waals surface area contributed by atoms with Gasteiger partial charge in [0.05, 0.1) is 31.4 Å². The molecule has 3 aromatic carbocycles. The molecule has 0 aromatic heterocycles. The van der Waals surface area contributed by atoms with Gasteiger partial charge in [-0.2, -0.15) is 0 Å². The summed E-state index contributed by atoms with van der Waals surface area (Å²) in [6, 6.07) is 21.2. The van der Waals surface area contributed by atoms with Crippen LogP contribution in [0.5, 0.6) is 0 Å². The van der Waals surface area contributed by atoms with E-state index in [9.17, 15) is 39.9 Å². The number of amides is 3. The lowest BCUT2D eigenvalue weighted by Gasteiger charge is -2.37. The van der Waals surface area contributed by atoms with E-state index < -0.39 is 74.1 Å². The molecular weight excluding hydrogens is 785 g/mol. The minimum atomic E-state index is -3.59. The molecule has 0 aliphatic carbocycles. The highest BCUT2D eigenvalue weighted by atomic mass is 79.9. The summed E-state index contributed by atoms with van der Waals surface area (Å²) in [5.74, 6) is -2.29. The van der Waals surface area contributed by atoms with E-state index in [1.807, 2.05) is 30.3 Å². The zero-order valence-corrected chi connectivity index (χ0v) is 32.6. The molecular formula is C38H45BrFN3O10Si. The second-order valence-corrected chi connectivity index (χ2v) is 19.4. The van der Waals surface area contributed by atoms with E-state index in [0.29, 0.717) is 21.3 Å². The topological polar surface area (TPSA) is 189 Å². The van der Waals surface area contributed by atoms with Crippen LogP contribution in [0, 0.1) is 5.92 Å². The van der Waals surface area contributed by atoms with Gasteiger partial charge < -0.3 is 54.2 Å². The van der Waals surface area contributed by atoms with E-state index in [1.165, 1.54) is 4.90 Å². The molecule has 3 amide bonds. The van der Waals surface area contributed by atoms with Crippen LogP contribution < -0.4 is 10.2 Å². The number of ether oxygens (including phenoxy) is 2. The van der Waals surface area contributed by atoms with Crippen LogP contribution in [0.3, 0.4) is 0 Å². The van der Waals surface area contributed by atoms with Crippen LogP contribution in [0.25, 0.3) is 0 Å². The Balaban J connectivity index is 1.27. The molecule has 290 valence electrons.